The highest BCUT2D eigenvalue weighted by atomic mass is 32.1. The van der Waals surface area contributed by atoms with Gasteiger partial charge in [-0.15, -0.1) is 11.3 Å². The van der Waals surface area contributed by atoms with E-state index in [0.717, 1.165) is 6.42 Å². The van der Waals surface area contributed by atoms with Crippen LogP contribution in [0.3, 0.4) is 0 Å². The van der Waals surface area contributed by atoms with Crippen LogP contribution in [0.4, 0.5) is 0 Å². The number of esters is 1. The highest BCUT2D eigenvalue weighted by Gasteiger charge is 2.13. The van der Waals surface area contributed by atoms with Crippen LogP contribution in [-0.4, -0.2) is 25.8 Å². The van der Waals surface area contributed by atoms with Gasteiger partial charge in [0, 0.05) is 11.3 Å². The largest absolute Gasteiger partial charge is 0.466 e. The maximum absolute atomic E-state index is 11.3. The van der Waals surface area contributed by atoms with E-state index in [1.807, 2.05) is 19.9 Å². The number of rotatable bonds is 7. The fraction of sp³-hybridized carbons (Fsp3) is 0.583. The van der Waals surface area contributed by atoms with Gasteiger partial charge < -0.3 is 9.47 Å². The van der Waals surface area contributed by atoms with Crippen LogP contribution in [0.25, 0.3) is 0 Å². The second kappa shape index (κ2) is 7.41. The maximum Gasteiger partial charge on any atom is 0.310 e. The van der Waals surface area contributed by atoms with E-state index in [0.29, 0.717) is 19.8 Å². The molecule has 1 aromatic rings. The minimum atomic E-state index is -0.182. The van der Waals surface area contributed by atoms with Crippen molar-refractivity contribution >= 4 is 17.3 Å². The van der Waals surface area contributed by atoms with Gasteiger partial charge in [-0.25, -0.2) is 0 Å². The number of thiophene rings is 1. The fourth-order valence-electron chi connectivity index (χ4n) is 1.24. The van der Waals surface area contributed by atoms with Crippen molar-refractivity contribution in [3.8, 4) is 0 Å². The van der Waals surface area contributed by atoms with Crippen LogP contribution in [0.1, 0.15) is 18.7 Å². The summed E-state index contributed by atoms with van der Waals surface area (Å²) in [4.78, 5) is 12.6. The number of hydrogen-bond donors (Lipinski definition) is 0. The van der Waals surface area contributed by atoms with Gasteiger partial charge in [0.15, 0.2) is 0 Å². The molecule has 1 atom stereocenters. The van der Waals surface area contributed by atoms with Gasteiger partial charge in [-0.1, -0.05) is 6.07 Å². The predicted molar refractivity (Wildman–Crippen MR) is 64.6 cm³/mol. The topological polar surface area (TPSA) is 35.5 Å². The van der Waals surface area contributed by atoms with Crippen molar-refractivity contribution in [1.29, 1.82) is 0 Å². The van der Waals surface area contributed by atoms with Crippen LogP contribution in [0, 0.1) is 5.92 Å². The van der Waals surface area contributed by atoms with Crippen molar-refractivity contribution in [3.63, 3.8) is 0 Å². The Hall–Kier alpha value is -0.870. The highest BCUT2D eigenvalue weighted by molar-refractivity contribution is 7.09. The lowest BCUT2D eigenvalue weighted by molar-refractivity contribution is -0.149. The molecule has 4 heteroatoms. The summed E-state index contributed by atoms with van der Waals surface area (Å²) >= 11 is 1.72. The lowest BCUT2D eigenvalue weighted by Crippen LogP contribution is -2.20. The number of ether oxygens (including phenoxy) is 2. The Bertz CT molecular complexity index is 295. The molecule has 0 saturated carbocycles. The molecular weight excluding hydrogens is 224 g/mol. The van der Waals surface area contributed by atoms with E-state index in [9.17, 15) is 4.79 Å². The summed E-state index contributed by atoms with van der Waals surface area (Å²) in [5.74, 6) is -0.359. The first kappa shape index (κ1) is 13.2. The molecule has 1 unspecified atom stereocenters. The minimum Gasteiger partial charge on any atom is -0.466 e. The van der Waals surface area contributed by atoms with Gasteiger partial charge in [0.2, 0.25) is 0 Å². The van der Waals surface area contributed by atoms with Crippen molar-refractivity contribution in [2.45, 2.75) is 20.3 Å². The molecule has 0 aliphatic carbocycles. The van der Waals surface area contributed by atoms with Gasteiger partial charge in [0.1, 0.15) is 0 Å². The third-order valence-corrected chi connectivity index (χ3v) is 3.07. The van der Waals surface area contributed by atoms with Gasteiger partial charge in [-0.05, 0) is 25.3 Å². The quantitative estimate of drug-likeness (QED) is 0.544. The number of carbonyl (C=O) groups excluding carboxylic acids is 1. The van der Waals surface area contributed by atoms with E-state index in [-0.39, 0.29) is 11.9 Å². The van der Waals surface area contributed by atoms with Crippen molar-refractivity contribution in [3.05, 3.63) is 22.4 Å². The van der Waals surface area contributed by atoms with E-state index in [2.05, 4.69) is 11.4 Å². The summed E-state index contributed by atoms with van der Waals surface area (Å²) < 4.78 is 10.3. The standard InChI is InChI=1S/C12H18O3S/c1-3-15-12(13)10(2)9-14-7-6-11-5-4-8-16-11/h4-5,8,10H,3,6-7,9H2,1-2H3. The molecule has 1 aromatic heterocycles. The van der Waals surface area contributed by atoms with Crippen LogP contribution < -0.4 is 0 Å². The molecule has 1 heterocycles. The van der Waals surface area contributed by atoms with Crippen molar-refractivity contribution < 1.29 is 14.3 Å². The summed E-state index contributed by atoms with van der Waals surface area (Å²) in [5, 5.41) is 2.05. The van der Waals surface area contributed by atoms with Gasteiger partial charge in [-0.3, -0.25) is 4.79 Å². The second-order valence-electron chi connectivity index (χ2n) is 3.56. The van der Waals surface area contributed by atoms with Gasteiger partial charge in [0.05, 0.1) is 25.7 Å². The summed E-state index contributed by atoms with van der Waals surface area (Å²) in [6, 6.07) is 4.12. The van der Waals surface area contributed by atoms with E-state index >= 15 is 0 Å². The van der Waals surface area contributed by atoms with Gasteiger partial charge in [-0.2, -0.15) is 0 Å². The van der Waals surface area contributed by atoms with Crippen LogP contribution >= 0.6 is 11.3 Å². The maximum atomic E-state index is 11.3. The Labute approximate surface area is 100 Å². The summed E-state index contributed by atoms with van der Waals surface area (Å²) in [6.45, 7) is 5.15. The smallest absolute Gasteiger partial charge is 0.310 e. The van der Waals surface area contributed by atoms with Crippen LogP contribution in [-0.2, 0) is 20.7 Å². The molecule has 0 fully saturated rings. The Kier molecular flexibility index (Phi) is 6.11. The molecule has 0 bridgehead atoms. The van der Waals surface area contributed by atoms with Crippen molar-refractivity contribution in [1.82, 2.24) is 0 Å². The van der Waals surface area contributed by atoms with Crippen molar-refractivity contribution in [2.24, 2.45) is 5.92 Å². The highest BCUT2D eigenvalue weighted by Crippen LogP contribution is 2.09. The first-order chi connectivity index (χ1) is 7.74. The molecule has 0 aromatic carbocycles. The number of carbonyl (C=O) groups is 1. The van der Waals surface area contributed by atoms with Gasteiger partial charge in [0.25, 0.3) is 0 Å². The zero-order valence-corrected chi connectivity index (χ0v) is 10.6. The minimum absolute atomic E-state index is 0.178. The molecule has 1 rings (SSSR count). The van der Waals surface area contributed by atoms with E-state index < -0.39 is 0 Å². The first-order valence-electron chi connectivity index (χ1n) is 5.50. The van der Waals surface area contributed by atoms with E-state index in [1.54, 1.807) is 11.3 Å². The molecule has 0 aliphatic heterocycles. The van der Waals surface area contributed by atoms with Crippen molar-refractivity contribution in [2.75, 3.05) is 19.8 Å². The Morgan fingerprint density at radius 2 is 2.38 bits per heavy atom. The lowest BCUT2D eigenvalue weighted by atomic mass is 10.2. The second-order valence-corrected chi connectivity index (χ2v) is 4.59. The third kappa shape index (κ3) is 4.77. The molecule has 0 spiro atoms. The Balaban J connectivity index is 2.08. The first-order valence-corrected chi connectivity index (χ1v) is 6.38. The number of hydrogen-bond acceptors (Lipinski definition) is 4. The van der Waals surface area contributed by atoms with Crippen LogP contribution in [0.2, 0.25) is 0 Å². The molecular formula is C12H18O3S. The molecule has 3 nitrogen and oxygen atoms in total. The van der Waals surface area contributed by atoms with E-state index in [1.165, 1.54) is 4.88 Å². The Morgan fingerprint density at radius 3 is 3.00 bits per heavy atom. The summed E-state index contributed by atoms with van der Waals surface area (Å²) in [6.07, 6.45) is 0.910. The third-order valence-electron chi connectivity index (χ3n) is 2.13. The molecule has 0 N–H and O–H groups in total. The SMILES string of the molecule is CCOC(=O)C(C)COCCc1cccs1. The molecule has 0 aliphatic rings. The Morgan fingerprint density at radius 1 is 1.56 bits per heavy atom. The fourth-order valence-corrected chi connectivity index (χ4v) is 1.93. The zero-order chi connectivity index (χ0) is 11.8. The zero-order valence-electron chi connectivity index (χ0n) is 9.77. The predicted octanol–water partition coefficient (Wildman–Crippen LogP) is 2.51. The normalized spacial score (nSPS) is 12.4. The average molecular weight is 242 g/mol. The summed E-state index contributed by atoms with van der Waals surface area (Å²) in [5.41, 5.74) is 0. The molecule has 0 radical (unpaired) electrons. The monoisotopic (exact) mass is 242 g/mol. The average Bonchev–Trinajstić information content (AvgIpc) is 2.77. The lowest BCUT2D eigenvalue weighted by Gasteiger charge is -2.10. The molecule has 90 valence electrons. The van der Waals surface area contributed by atoms with Gasteiger partial charge >= 0.3 is 5.97 Å². The van der Waals surface area contributed by atoms with Crippen LogP contribution in [0.15, 0.2) is 17.5 Å². The summed E-state index contributed by atoms with van der Waals surface area (Å²) in [7, 11) is 0. The molecule has 0 amide bonds. The van der Waals surface area contributed by atoms with E-state index in [4.69, 9.17) is 9.47 Å². The molecule has 16 heavy (non-hydrogen) atoms. The van der Waals surface area contributed by atoms with Crippen LogP contribution in [0.5, 0.6) is 0 Å². The molecule has 0 saturated heterocycles.